The summed E-state index contributed by atoms with van der Waals surface area (Å²) in [5.41, 5.74) is 1.16. The zero-order valence-electron chi connectivity index (χ0n) is 5.21. The molecule has 9 heavy (non-hydrogen) atoms. The topological polar surface area (TPSA) is 29.5 Å². The van der Waals surface area contributed by atoms with Gasteiger partial charge in [0.25, 0.3) is 0 Å². The van der Waals surface area contributed by atoms with Crippen LogP contribution in [0.15, 0.2) is 24.3 Å². The van der Waals surface area contributed by atoms with Crippen molar-refractivity contribution in [2.45, 2.75) is 18.9 Å². The van der Waals surface area contributed by atoms with Gasteiger partial charge in [0, 0.05) is 0 Å². The maximum absolute atomic E-state index is 8.20. The van der Waals surface area contributed by atoms with Gasteiger partial charge in [-0.05, 0) is 24.5 Å². The Balaban J connectivity index is 2.49. The second-order valence-corrected chi connectivity index (χ2v) is 2.13. The standard InChI is InChI=1S/C7H10O2/c1-2-6-3-4-7(5-6)9-8/h2,5,7-8H,1,3-4H2. The van der Waals surface area contributed by atoms with Gasteiger partial charge in [-0.1, -0.05) is 12.7 Å². The van der Waals surface area contributed by atoms with Crippen molar-refractivity contribution < 1.29 is 10.1 Å². The van der Waals surface area contributed by atoms with Gasteiger partial charge in [-0.2, -0.15) is 0 Å². The van der Waals surface area contributed by atoms with E-state index in [1.54, 1.807) is 6.08 Å². The van der Waals surface area contributed by atoms with Crippen LogP contribution in [0.3, 0.4) is 0 Å². The molecule has 0 fully saturated rings. The predicted octanol–water partition coefficient (Wildman–Crippen LogP) is 1.75. The second-order valence-electron chi connectivity index (χ2n) is 2.13. The van der Waals surface area contributed by atoms with Gasteiger partial charge in [0.05, 0.1) is 0 Å². The molecule has 0 aromatic carbocycles. The summed E-state index contributed by atoms with van der Waals surface area (Å²) in [5, 5.41) is 8.20. The van der Waals surface area contributed by atoms with Crippen molar-refractivity contribution in [1.29, 1.82) is 0 Å². The summed E-state index contributed by atoms with van der Waals surface area (Å²) < 4.78 is 0. The molecular weight excluding hydrogens is 116 g/mol. The van der Waals surface area contributed by atoms with Crippen LogP contribution in [0.4, 0.5) is 0 Å². The zero-order valence-corrected chi connectivity index (χ0v) is 5.21. The van der Waals surface area contributed by atoms with Gasteiger partial charge in [-0.25, -0.2) is 4.89 Å². The number of rotatable bonds is 2. The number of hydrogen-bond donors (Lipinski definition) is 1. The summed E-state index contributed by atoms with van der Waals surface area (Å²) in [6.45, 7) is 3.61. The Bertz CT molecular complexity index is 138. The summed E-state index contributed by atoms with van der Waals surface area (Å²) in [4.78, 5) is 4.12. The molecule has 0 aromatic rings. The molecule has 2 nitrogen and oxygen atoms in total. The van der Waals surface area contributed by atoms with Gasteiger partial charge in [0.15, 0.2) is 0 Å². The van der Waals surface area contributed by atoms with E-state index in [-0.39, 0.29) is 6.10 Å². The van der Waals surface area contributed by atoms with E-state index >= 15 is 0 Å². The monoisotopic (exact) mass is 126 g/mol. The molecule has 0 amide bonds. The van der Waals surface area contributed by atoms with Crippen LogP contribution in [0.1, 0.15) is 12.8 Å². The molecule has 0 saturated heterocycles. The highest BCUT2D eigenvalue weighted by atomic mass is 17.1. The molecule has 0 bridgehead atoms. The second kappa shape index (κ2) is 2.80. The molecule has 1 aliphatic rings. The summed E-state index contributed by atoms with van der Waals surface area (Å²) in [6.07, 6.45) is 5.41. The smallest absolute Gasteiger partial charge is 0.112 e. The van der Waals surface area contributed by atoms with Crippen LogP contribution in [-0.2, 0) is 4.89 Å². The molecule has 0 radical (unpaired) electrons. The third kappa shape index (κ3) is 1.40. The maximum Gasteiger partial charge on any atom is 0.112 e. The molecule has 0 spiro atoms. The van der Waals surface area contributed by atoms with E-state index in [9.17, 15) is 0 Å². The molecule has 0 aliphatic heterocycles. The van der Waals surface area contributed by atoms with Crippen molar-refractivity contribution in [3.05, 3.63) is 24.3 Å². The molecule has 1 aliphatic carbocycles. The fourth-order valence-corrected chi connectivity index (χ4v) is 0.968. The normalized spacial score (nSPS) is 25.9. The highest BCUT2D eigenvalue weighted by Gasteiger charge is 2.13. The van der Waals surface area contributed by atoms with Crippen LogP contribution in [0.2, 0.25) is 0 Å². The minimum absolute atomic E-state index is 0.0991. The summed E-state index contributed by atoms with van der Waals surface area (Å²) in [5.74, 6) is 0. The first-order valence-electron chi connectivity index (χ1n) is 3.00. The number of hydrogen-bond acceptors (Lipinski definition) is 2. The molecule has 1 rings (SSSR count). The Kier molecular flexibility index (Phi) is 2.03. The van der Waals surface area contributed by atoms with E-state index in [0.29, 0.717) is 0 Å². The van der Waals surface area contributed by atoms with Crippen molar-refractivity contribution in [1.82, 2.24) is 0 Å². The average molecular weight is 126 g/mol. The van der Waals surface area contributed by atoms with Gasteiger partial charge in [-0.15, -0.1) is 0 Å². The summed E-state index contributed by atoms with van der Waals surface area (Å²) in [6, 6.07) is 0. The van der Waals surface area contributed by atoms with Gasteiger partial charge >= 0.3 is 0 Å². The van der Waals surface area contributed by atoms with Crippen molar-refractivity contribution in [2.75, 3.05) is 0 Å². The van der Waals surface area contributed by atoms with E-state index in [2.05, 4.69) is 11.5 Å². The van der Waals surface area contributed by atoms with Gasteiger partial charge < -0.3 is 0 Å². The zero-order chi connectivity index (χ0) is 6.69. The minimum atomic E-state index is -0.0991. The largest absolute Gasteiger partial charge is 0.251 e. The molecule has 0 heterocycles. The lowest BCUT2D eigenvalue weighted by atomic mass is 10.2. The maximum atomic E-state index is 8.20. The third-order valence-electron chi connectivity index (χ3n) is 1.52. The summed E-state index contributed by atoms with van der Waals surface area (Å²) >= 11 is 0. The van der Waals surface area contributed by atoms with E-state index in [1.807, 2.05) is 6.08 Å². The average Bonchev–Trinajstić information content (AvgIpc) is 2.34. The quantitative estimate of drug-likeness (QED) is 0.451. The first-order chi connectivity index (χ1) is 4.36. The number of allylic oxidation sites excluding steroid dienone is 2. The highest BCUT2D eigenvalue weighted by Crippen LogP contribution is 2.20. The van der Waals surface area contributed by atoms with Crippen LogP contribution in [-0.4, -0.2) is 11.4 Å². The highest BCUT2D eigenvalue weighted by molar-refractivity contribution is 5.22. The Morgan fingerprint density at radius 1 is 1.89 bits per heavy atom. The Hall–Kier alpha value is -0.600. The van der Waals surface area contributed by atoms with E-state index in [1.165, 1.54) is 0 Å². The molecular formula is C7H10O2. The Morgan fingerprint density at radius 3 is 3.00 bits per heavy atom. The fourth-order valence-electron chi connectivity index (χ4n) is 0.968. The lowest BCUT2D eigenvalue weighted by Crippen LogP contribution is -2.00. The molecule has 50 valence electrons. The van der Waals surface area contributed by atoms with Crippen molar-refractivity contribution >= 4 is 0 Å². The third-order valence-corrected chi connectivity index (χ3v) is 1.52. The lowest BCUT2D eigenvalue weighted by Gasteiger charge is -1.97. The van der Waals surface area contributed by atoms with E-state index < -0.39 is 0 Å². The molecule has 0 aromatic heterocycles. The van der Waals surface area contributed by atoms with Crippen LogP contribution in [0, 0.1) is 0 Å². The van der Waals surface area contributed by atoms with Crippen LogP contribution < -0.4 is 0 Å². The SMILES string of the molecule is C=CC1=CC(OO)CC1. The van der Waals surface area contributed by atoms with Crippen LogP contribution in [0.5, 0.6) is 0 Å². The van der Waals surface area contributed by atoms with E-state index in [0.717, 1.165) is 18.4 Å². The van der Waals surface area contributed by atoms with Gasteiger partial charge in [-0.3, -0.25) is 5.26 Å². The van der Waals surface area contributed by atoms with Crippen LogP contribution in [0.25, 0.3) is 0 Å². The fraction of sp³-hybridized carbons (Fsp3) is 0.429. The Morgan fingerprint density at radius 2 is 2.67 bits per heavy atom. The first kappa shape index (κ1) is 6.52. The summed E-state index contributed by atoms with van der Waals surface area (Å²) in [7, 11) is 0. The van der Waals surface area contributed by atoms with Crippen molar-refractivity contribution in [3.8, 4) is 0 Å². The minimum Gasteiger partial charge on any atom is -0.251 e. The molecule has 1 unspecified atom stereocenters. The first-order valence-corrected chi connectivity index (χ1v) is 3.00. The lowest BCUT2D eigenvalue weighted by molar-refractivity contribution is -0.265. The van der Waals surface area contributed by atoms with Gasteiger partial charge in [0.2, 0.25) is 0 Å². The predicted molar refractivity (Wildman–Crippen MR) is 35.0 cm³/mol. The molecule has 0 saturated carbocycles. The van der Waals surface area contributed by atoms with Crippen molar-refractivity contribution in [2.24, 2.45) is 0 Å². The molecule has 1 N–H and O–H groups in total. The molecule has 1 atom stereocenters. The van der Waals surface area contributed by atoms with E-state index in [4.69, 9.17) is 5.26 Å². The van der Waals surface area contributed by atoms with Gasteiger partial charge in [0.1, 0.15) is 6.10 Å². The Labute approximate surface area is 54.4 Å². The van der Waals surface area contributed by atoms with Crippen molar-refractivity contribution in [3.63, 3.8) is 0 Å². The molecule has 2 heteroatoms. The van der Waals surface area contributed by atoms with Crippen LogP contribution >= 0.6 is 0 Å².